The number of amides is 1. The smallest absolute Gasteiger partial charge is 0.241 e. The molecule has 2 aromatic carbocycles. The lowest BCUT2D eigenvalue weighted by Gasteiger charge is -2.33. The Labute approximate surface area is 178 Å². The molecular weight excluding hydrogens is 408 g/mol. The number of sulfonamides is 1. The molecule has 1 atom stereocenters. The van der Waals surface area contributed by atoms with Gasteiger partial charge < -0.3 is 4.90 Å². The molecule has 1 unspecified atom stereocenters. The fourth-order valence-electron chi connectivity index (χ4n) is 3.54. The van der Waals surface area contributed by atoms with Gasteiger partial charge in [0.2, 0.25) is 15.9 Å². The van der Waals surface area contributed by atoms with Gasteiger partial charge in [0.15, 0.2) is 0 Å². The van der Waals surface area contributed by atoms with Gasteiger partial charge in [0, 0.05) is 18.1 Å². The Hall–Kier alpha value is -1.89. The number of carbonyl (C=O) groups is 1. The number of aryl methyl sites for hydroxylation is 1. The molecule has 0 saturated carbocycles. The molecule has 7 heteroatoms. The monoisotopic (exact) mass is 434 g/mol. The van der Waals surface area contributed by atoms with Gasteiger partial charge in [-0.1, -0.05) is 54.9 Å². The molecular formula is C22H27ClN2O3S. The van der Waals surface area contributed by atoms with E-state index in [0.29, 0.717) is 36.9 Å². The summed E-state index contributed by atoms with van der Waals surface area (Å²) in [6.45, 7) is 3.50. The van der Waals surface area contributed by atoms with E-state index in [-0.39, 0.29) is 10.8 Å². The lowest BCUT2D eigenvalue weighted by molar-refractivity contribution is -0.134. The predicted molar refractivity (Wildman–Crippen MR) is 115 cm³/mol. The van der Waals surface area contributed by atoms with E-state index in [1.54, 1.807) is 29.2 Å². The van der Waals surface area contributed by atoms with Crippen molar-refractivity contribution in [2.45, 2.75) is 43.5 Å². The third kappa shape index (κ3) is 5.81. The van der Waals surface area contributed by atoms with Gasteiger partial charge in [-0.2, -0.15) is 4.72 Å². The van der Waals surface area contributed by atoms with Crippen molar-refractivity contribution in [3.63, 3.8) is 0 Å². The Bertz CT molecular complexity index is 926. The average Bonchev–Trinajstić information content (AvgIpc) is 2.73. The molecule has 1 aliphatic rings. The fraction of sp³-hybridized carbons (Fsp3) is 0.409. The van der Waals surface area contributed by atoms with Crippen LogP contribution in [-0.2, 0) is 21.2 Å². The third-order valence-corrected chi connectivity index (χ3v) is 7.26. The van der Waals surface area contributed by atoms with Crippen LogP contribution in [0.25, 0.3) is 0 Å². The minimum atomic E-state index is -3.80. The Morgan fingerprint density at radius 1 is 1.10 bits per heavy atom. The highest BCUT2D eigenvalue weighted by Crippen LogP contribution is 2.21. The van der Waals surface area contributed by atoms with Crippen molar-refractivity contribution in [3.8, 4) is 0 Å². The summed E-state index contributed by atoms with van der Waals surface area (Å²) in [7, 11) is -3.80. The van der Waals surface area contributed by atoms with E-state index >= 15 is 0 Å². The molecule has 0 aromatic heterocycles. The van der Waals surface area contributed by atoms with Crippen molar-refractivity contribution >= 4 is 27.5 Å². The van der Waals surface area contributed by atoms with Crippen LogP contribution in [0.15, 0.2) is 59.5 Å². The van der Waals surface area contributed by atoms with E-state index < -0.39 is 16.1 Å². The molecule has 0 aliphatic carbocycles. The summed E-state index contributed by atoms with van der Waals surface area (Å²) in [5.41, 5.74) is 0.901. The molecule has 1 aliphatic heterocycles. The van der Waals surface area contributed by atoms with Crippen molar-refractivity contribution in [2.75, 3.05) is 13.1 Å². The number of piperidine rings is 1. The molecule has 1 heterocycles. The van der Waals surface area contributed by atoms with Gasteiger partial charge >= 0.3 is 0 Å². The second-order valence-corrected chi connectivity index (χ2v) is 9.75. The van der Waals surface area contributed by atoms with Gasteiger partial charge in [-0.25, -0.2) is 8.42 Å². The lowest BCUT2D eigenvalue weighted by atomic mass is 9.98. The molecule has 29 heavy (non-hydrogen) atoms. The van der Waals surface area contributed by atoms with Crippen LogP contribution in [0.3, 0.4) is 0 Å². The Morgan fingerprint density at radius 3 is 2.38 bits per heavy atom. The van der Waals surface area contributed by atoms with E-state index in [9.17, 15) is 13.2 Å². The molecule has 1 saturated heterocycles. The molecule has 1 amide bonds. The second-order valence-electron chi connectivity index (χ2n) is 7.62. The molecule has 1 N–H and O–H groups in total. The van der Waals surface area contributed by atoms with Crippen LogP contribution in [0.2, 0.25) is 5.02 Å². The number of hydrogen-bond acceptors (Lipinski definition) is 3. The highest BCUT2D eigenvalue weighted by Gasteiger charge is 2.30. The van der Waals surface area contributed by atoms with E-state index in [1.165, 1.54) is 12.1 Å². The third-order valence-electron chi connectivity index (χ3n) is 5.40. The van der Waals surface area contributed by atoms with E-state index in [1.807, 2.05) is 18.2 Å². The van der Waals surface area contributed by atoms with Crippen molar-refractivity contribution in [1.82, 2.24) is 9.62 Å². The summed E-state index contributed by atoms with van der Waals surface area (Å²) in [5, 5.41) is 0.622. The first kappa shape index (κ1) is 21.8. The normalized spacial score (nSPS) is 16.6. The number of halogens is 1. The van der Waals surface area contributed by atoms with Gasteiger partial charge in [0.25, 0.3) is 0 Å². The van der Waals surface area contributed by atoms with Crippen LogP contribution in [-0.4, -0.2) is 38.4 Å². The fourth-order valence-corrected chi connectivity index (χ4v) is 5.01. The first-order valence-corrected chi connectivity index (χ1v) is 11.8. The number of hydrogen-bond donors (Lipinski definition) is 1. The number of likely N-dealkylation sites (tertiary alicyclic amines) is 1. The number of benzene rings is 2. The number of rotatable bonds is 7. The molecule has 2 aromatic rings. The Kier molecular flexibility index (Phi) is 7.33. The van der Waals surface area contributed by atoms with Crippen LogP contribution >= 0.6 is 11.6 Å². The first-order chi connectivity index (χ1) is 13.9. The number of nitrogens with zero attached hydrogens (tertiary/aromatic N) is 1. The summed E-state index contributed by atoms with van der Waals surface area (Å²) in [6, 6.07) is 14.8. The van der Waals surface area contributed by atoms with Crippen LogP contribution in [0, 0.1) is 5.92 Å². The molecule has 0 radical (unpaired) electrons. The van der Waals surface area contributed by atoms with Crippen LogP contribution in [0.4, 0.5) is 0 Å². The lowest BCUT2D eigenvalue weighted by Crippen LogP contribution is -2.50. The minimum absolute atomic E-state index is 0.155. The maximum atomic E-state index is 13.2. The quantitative estimate of drug-likeness (QED) is 0.719. The largest absolute Gasteiger partial charge is 0.341 e. The molecule has 5 nitrogen and oxygen atoms in total. The Morgan fingerprint density at radius 2 is 1.72 bits per heavy atom. The minimum Gasteiger partial charge on any atom is -0.341 e. The van der Waals surface area contributed by atoms with Crippen LogP contribution in [0.1, 0.15) is 31.7 Å². The standard InChI is InChI=1S/C22H27ClN2O3S/c1-17-13-15-25(16-14-17)22(26)21(12-11-18-7-5-6-10-20(18)23)24-29(27,28)19-8-3-2-4-9-19/h2-10,17,21,24H,11-16H2,1H3. The van der Waals surface area contributed by atoms with Crippen molar-refractivity contribution < 1.29 is 13.2 Å². The average molecular weight is 435 g/mol. The van der Waals surface area contributed by atoms with E-state index in [2.05, 4.69) is 11.6 Å². The van der Waals surface area contributed by atoms with Gasteiger partial charge in [0.1, 0.15) is 6.04 Å². The van der Waals surface area contributed by atoms with Crippen molar-refractivity contribution in [3.05, 3.63) is 65.2 Å². The van der Waals surface area contributed by atoms with E-state index in [4.69, 9.17) is 11.6 Å². The van der Waals surface area contributed by atoms with Crippen molar-refractivity contribution in [2.24, 2.45) is 5.92 Å². The molecule has 3 rings (SSSR count). The molecule has 156 valence electrons. The summed E-state index contributed by atoms with van der Waals surface area (Å²) in [5.74, 6) is 0.421. The van der Waals surface area contributed by atoms with Gasteiger partial charge in [-0.05, 0) is 55.4 Å². The Balaban J connectivity index is 1.79. The van der Waals surface area contributed by atoms with Crippen LogP contribution in [0.5, 0.6) is 0 Å². The highest BCUT2D eigenvalue weighted by molar-refractivity contribution is 7.89. The summed E-state index contributed by atoms with van der Waals surface area (Å²) in [6.07, 6.45) is 2.74. The summed E-state index contributed by atoms with van der Waals surface area (Å²) < 4.78 is 28.4. The zero-order chi connectivity index (χ0) is 20.9. The number of carbonyl (C=O) groups excluding carboxylic acids is 1. The zero-order valence-electron chi connectivity index (χ0n) is 16.6. The SMILES string of the molecule is CC1CCN(C(=O)C(CCc2ccccc2Cl)NS(=O)(=O)c2ccccc2)CC1. The zero-order valence-corrected chi connectivity index (χ0v) is 18.1. The predicted octanol–water partition coefficient (Wildman–Crippen LogP) is 3.88. The summed E-state index contributed by atoms with van der Waals surface area (Å²) in [4.78, 5) is 15.1. The molecule has 1 fully saturated rings. The maximum Gasteiger partial charge on any atom is 0.241 e. The topological polar surface area (TPSA) is 66.5 Å². The highest BCUT2D eigenvalue weighted by atomic mass is 35.5. The first-order valence-electron chi connectivity index (χ1n) is 9.96. The second kappa shape index (κ2) is 9.74. The van der Waals surface area contributed by atoms with Gasteiger partial charge in [-0.15, -0.1) is 0 Å². The number of nitrogens with one attached hydrogen (secondary N) is 1. The van der Waals surface area contributed by atoms with Crippen LogP contribution < -0.4 is 4.72 Å². The van der Waals surface area contributed by atoms with Crippen molar-refractivity contribution in [1.29, 1.82) is 0 Å². The molecule has 0 bridgehead atoms. The van der Waals surface area contributed by atoms with Gasteiger partial charge in [0.05, 0.1) is 4.90 Å². The van der Waals surface area contributed by atoms with E-state index in [0.717, 1.165) is 18.4 Å². The summed E-state index contributed by atoms with van der Waals surface area (Å²) >= 11 is 6.25. The maximum absolute atomic E-state index is 13.2. The van der Waals surface area contributed by atoms with Gasteiger partial charge in [-0.3, -0.25) is 4.79 Å². The molecule has 0 spiro atoms.